The van der Waals surface area contributed by atoms with E-state index in [0.717, 1.165) is 0 Å². The lowest BCUT2D eigenvalue weighted by molar-refractivity contribution is -0.120. The van der Waals surface area contributed by atoms with E-state index < -0.39 is 21.9 Å². The molecule has 2 heterocycles. The number of aryl methyl sites for hydroxylation is 2. The zero-order valence-electron chi connectivity index (χ0n) is 18.7. The van der Waals surface area contributed by atoms with Gasteiger partial charge in [-0.25, -0.2) is 13.2 Å². The van der Waals surface area contributed by atoms with E-state index in [0.29, 0.717) is 35.7 Å². The lowest BCUT2D eigenvalue weighted by atomic mass is 9.98. The predicted molar refractivity (Wildman–Crippen MR) is 119 cm³/mol. The van der Waals surface area contributed by atoms with Crippen molar-refractivity contribution in [3.8, 4) is 5.75 Å². The molecule has 0 spiro atoms. The molecule has 1 amide bonds. The summed E-state index contributed by atoms with van der Waals surface area (Å²) >= 11 is 0. The van der Waals surface area contributed by atoms with E-state index in [4.69, 9.17) is 9.47 Å². The van der Waals surface area contributed by atoms with Crippen molar-refractivity contribution in [2.75, 3.05) is 32.1 Å². The number of nitrogens with zero attached hydrogens (tertiary/aromatic N) is 1. The minimum Gasteiger partial charge on any atom is -0.497 e. The number of hydrogen-bond donors (Lipinski definition) is 2. The SMILES string of the molecule is CCOC(=O)c1c(C)[nH]c(C)c1S(=O)(=O)N1CCC[C@H](C(=O)Nc2cccc(OC)c2)C1. The topological polar surface area (TPSA) is 118 Å². The van der Waals surface area contributed by atoms with E-state index >= 15 is 0 Å². The number of nitrogens with one attached hydrogen (secondary N) is 2. The molecular formula is C22H29N3O6S. The Morgan fingerprint density at radius 3 is 2.69 bits per heavy atom. The van der Waals surface area contributed by atoms with Gasteiger partial charge in [0, 0.05) is 36.2 Å². The van der Waals surface area contributed by atoms with Crippen molar-refractivity contribution in [3.05, 3.63) is 41.2 Å². The lowest BCUT2D eigenvalue weighted by Gasteiger charge is -2.31. The Morgan fingerprint density at radius 1 is 1.25 bits per heavy atom. The number of sulfonamides is 1. The molecule has 32 heavy (non-hydrogen) atoms. The molecule has 0 bridgehead atoms. The van der Waals surface area contributed by atoms with E-state index in [9.17, 15) is 18.0 Å². The molecule has 3 rings (SSSR count). The Hall–Kier alpha value is -2.85. The van der Waals surface area contributed by atoms with Crippen molar-refractivity contribution in [2.24, 2.45) is 5.92 Å². The highest BCUT2D eigenvalue weighted by atomic mass is 32.2. The predicted octanol–water partition coefficient (Wildman–Crippen LogP) is 2.86. The summed E-state index contributed by atoms with van der Waals surface area (Å²) in [5.41, 5.74) is 1.40. The number of carbonyl (C=O) groups excluding carboxylic acids is 2. The van der Waals surface area contributed by atoms with Gasteiger partial charge in [-0.05, 0) is 45.7 Å². The zero-order valence-corrected chi connectivity index (χ0v) is 19.5. The van der Waals surface area contributed by atoms with Gasteiger partial charge in [-0.15, -0.1) is 0 Å². The number of hydrogen-bond acceptors (Lipinski definition) is 6. The lowest BCUT2D eigenvalue weighted by Crippen LogP contribution is -2.44. The highest BCUT2D eigenvalue weighted by Gasteiger charge is 2.38. The number of aromatic amines is 1. The molecular weight excluding hydrogens is 434 g/mol. The number of carbonyl (C=O) groups is 2. The third-order valence-corrected chi connectivity index (χ3v) is 7.52. The van der Waals surface area contributed by atoms with Crippen LogP contribution in [-0.2, 0) is 19.6 Å². The first-order valence-electron chi connectivity index (χ1n) is 10.5. The Morgan fingerprint density at radius 2 is 2.00 bits per heavy atom. The summed E-state index contributed by atoms with van der Waals surface area (Å²) in [6.45, 7) is 5.36. The first-order chi connectivity index (χ1) is 15.2. The van der Waals surface area contributed by atoms with Gasteiger partial charge < -0.3 is 19.8 Å². The van der Waals surface area contributed by atoms with Crippen LogP contribution in [0.3, 0.4) is 0 Å². The molecule has 1 aliphatic heterocycles. The van der Waals surface area contributed by atoms with Crippen molar-refractivity contribution in [3.63, 3.8) is 0 Å². The third-order valence-electron chi connectivity index (χ3n) is 5.49. The number of benzene rings is 1. The molecule has 1 saturated heterocycles. The molecule has 1 aliphatic rings. The maximum absolute atomic E-state index is 13.5. The molecule has 2 aromatic rings. The molecule has 0 aliphatic carbocycles. The van der Waals surface area contributed by atoms with Gasteiger partial charge in [0.2, 0.25) is 15.9 Å². The van der Waals surface area contributed by atoms with Gasteiger partial charge in [0.15, 0.2) is 0 Å². The Balaban J connectivity index is 1.83. The zero-order chi connectivity index (χ0) is 23.5. The molecule has 9 nitrogen and oxygen atoms in total. The van der Waals surface area contributed by atoms with Crippen molar-refractivity contribution in [1.29, 1.82) is 0 Å². The molecule has 1 fully saturated rings. The number of anilines is 1. The fourth-order valence-electron chi connectivity index (χ4n) is 3.98. The van der Waals surface area contributed by atoms with Gasteiger partial charge in [0.25, 0.3) is 0 Å². The van der Waals surface area contributed by atoms with Crippen molar-refractivity contribution in [2.45, 2.75) is 38.5 Å². The average molecular weight is 464 g/mol. The van der Waals surface area contributed by atoms with E-state index in [2.05, 4.69) is 10.3 Å². The number of aromatic nitrogens is 1. The van der Waals surface area contributed by atoms with Crippen molar-refractivity contribution < 1.29 is 27.5 Å². The Kier molecular flexibility index (Phi) is 7.25. The second-order valence-corrected chi connectivity index (χ2v) is 9.60. The van der Waals surface area contributed by atoms with E-state index in [1.807, 2.05) is 0 Å². The van der Waals surface area contributed by atoms with Crippen LogP contribution in [0.1, 0.15) is 41.5 Å². The summed E-state index contributed by atoms with van der Waals surface area (Å²) in [5, 5.41) is 2.84. The van der Waals surface area contributed by atoms with Gasteiger partial charge >= 0.3 is 5.97 Å². The summed E-state index contributed by atoms with van der Waals surface area (Å²) in [6.07, 6.45) is 1.10. The monoisotopic (exact) mass is 463 g/mol. The number of esters is 1. The fraction of sp³-hybridized carbons (Fsp3) is 0.455. The number of ether oxygens (including phenoxy) is 2. The van der Waals surface area contributed by atoms with Crippen LogP contribution < -0.4 is 10.1 Å². The minimum absolute atomic E-state index is 0.0207. The maximum Gasteiger partial charge on any atom is 0.341 e. The first-order valence-corrected chi connectivity index (χ1v) is 11.9. The van der Waals surface area contributed by atoms with E-state index in [1.165, 1.54) is 4.31 Å². The summed E-state index contributed by atoms with van der Waals surface area (Å²) in [4.78, 5) is 28.2. The quantitative estimate of drug-likeness (QED) is 0.610. The maximum atomic E-state index is 13.5. The van der Waals surface area contributed by atoms with Gasteiger partial charge in [0.1, 0.15) is 16.2 Å². The molecule has 0 saturated carbocycles. The van der Waals surface area contributed by atoms with E-state index in [-0.39, 0.29) is 36.1 Å². The number of H-pyrrole nitrogens is 1. The van der Waals surface area contributed by atoms with Crippen LogP contribution in [0.4, 0.5) is 5.69 Å². The summed E-state index contributed by atoms with van der Waals surface area (Å²) in [7, 11) is -2.47. The molecule has 10 heteroatoms. The average Bonchev–Trinajstić information content (AvgIpc) is 3.08. The van der Waals surface area contributed by atoms with Gasteiger partial charge in [-0.2, -0.15) is 4.31 Å². The van der Waals surface area contributed by atoms with E-state index in [1.54, 1.807) is 52.1 Å². The fourth-order valence-corrected chi connectivity index (χ4v) is 5.91. The van der Waals surface area contributed by atoms with Crippen LogP contribution in [-0.4, -0.2) is 56.4 Å². The third kappa shape index (κ3) is 4.81. The molecule has 2 N–H and O–H groups in total. The molecule has 1 aromatic heterocycles. The van der Waals surface area contributed by atoms with Crippen molar-refractivity contribution >= 4 is 27.6 Å². The van der Waals surface area contributed by atoms with Crippen molar-refractivity contribution in [1.82, 2.24) is 9.29 Å². The van der Waals surface area contributed by atoms with Crippen LogP contribution >= 0.6 is 0 Å². The normalized spacial score (nSPS) is 17.1. The minimum atomic E-state index is -4.01. The molecule has 1 aromatic carbocycles. The number of amides is 1. The standard InChI is InChI=1S/C22H29N3O6S/c1-5-31-22(27)19-14(2)23-15(3)20(19)32(28,29)25-11-7-8-16(13-25)21(26)24-17-9-6-10-18(12-17)30-4/h6,9-10,12,16,23H,5,7-8,11,13H2,1-4H3,(H,24,26)/t16-/m0/s1. The highest BCUT2D eigenvalue weighted by molar-refractivity contribution is 7.89. The van der Waals surface area contributed by atoms with Crippen LogP contribution in [0.5, 0.6) is 5.75 Å². The Bertz CT molecular complexity index is 1110. The molecule has 0 radical (unpaired) electrons. The number of rotatable bonds is 7. The van der Waals surface area contributed by atoms with Crippen LogP contribution in [0.15, 0.2) is 29.2 Å². The van der Waals surface area contributed by atoms with Crippen LogP contribution in [0.25, 0.3) is 0 Å². The largest absolute Gasteiger partial charge is 0.497 e. The van der Waals surface area contributed by atoms with Gasteiger partial charge in [0.05, 0.1) is 19.6 Å². The summed E-state index contributed by atoms with van der Waals surface area (Å²) in [5.74, 6) is -0.848. The second-order valence-electron chi connectivity index (χ2n) is 7.72. The smallest absolute Gasteiger partial charge is 0.341 e. The van der Waals surface area contributed by atoms with Gasteiger partial charge in [-0.3, -0.25) is 4.79 Å². The summed E-state index contributed by atoms with van der Waals surface area (Å²) in [6, 6.07) is 6.98. The first kappa shape index (κ1) is 23.8. The number of methoxy groups -OCH3 is 1. The molecule has 1 atom stereocenters. The van der Waals surface area contributed by atoms with Crippen LogP contribution in [0, 0.1) is 19.8 Å². The summed E-state index contributed by atoms with van der Waals surface area (Å²) < 4.78 is 38.6. The molecule has 0 unspecified atom stereocenters. The Labute approximate surface area is 188 Å². The second kappa shape index (κ2) is 9.74. The molecule has 174 valence electrons. The van der Waals surface area contributed by atoms with Gasteiger partial charge in [-0.1, -0.05) is 6.07 Å². The van der Waals surface area contributed by atoms with Crippen LogP contribution in [0.2, 0.25) is 0 Å². The number of piperidine rings is 1. The highest BCUT2D eigenvalue weighted by Crippen LogP contribution is 2.31.